The van der Waals surface area contributed by atoms with Gasteiger partial charge in [-0.1, -0.05) is 67.9 Å². The Morgan fingerprint density at radius 3 is 2.32 bits per heavy atom. The number of nitrogens with two attached hydrogens (primary N) is 1. The molecule has 2 aromatic heterocycles. The molecule has 1 fully saturated rings. The molecule has 2 aromatic carbocycles. The van der Waals surface area contributed by atoms with Crippen LogP contribution >= 0.6 is 47.1 Å². The minimum absolute atomic E-state index is 0. The molecule has 1 saturated heterocycles. The lowest BCUT2D eigenvalue weighted by Gasteiger charge is -2.22. The van der Waals surface area contributed by atoms with E-state index in [1.807, 2.05) is 43.5 Å². The number of rotatable bonds is 15. The lowest BCUT2D eigenvalue weighted by Crippen LogP contribution is -2.50. The van der Waals surface area contributed by atoms with E-state index >= 15 is 0 Å². The van der Waals surface area contributed by atoms with E-state index in [4.69, 9.17) is 36.8 Å². The zero-order valence-electron chi connectivity index (χ0n) is 29.6. The lowest BCUT2D eigenvalue weighted by molar-refractivity contribution is -0.148. The number of aromatic nitrogens is 2. The van der Waals surface area contributed by atoms with Crippen LogP contribution in [0.2, 0.25) is 5.02 Å². The van der Waals surface area contributed by atoms with E-state index in [-0.39, 0.29) is 31.5 Å². The molecule has 4 aromatic rings. The van der Waals surface area contributed by atoms with Gasteiger partial charge in [0.15, 0.2) is 0 Å². The number of esters is 1. The summed E-state index contributed by atoms with van der Waals surface area (Å²) >= 11 is 9.02. The largest absolute Gasteiger partial charge is 0.490 e. The standard InChI is InChI=1S/C38H40ClN7O4S2.ClH/c1-4-23(2)33(42)35(47)43-24(3)38(48)50-18-17-49-29-13-9-25(10-14-29)32-30(19-40)34(46-15-5-6-16-46)45-37(31(32)20-41)52-22-28-21-51-36(44-28)26-7-11-27(39)12-8-26;/h7-14,21,23-24,33H,4-6,15-18,22,42H2,1-3H3,(H,43,47);1H/t23-,24-,33-;/m0./s1. The van der Waals surface area contributed by atoms with Crippen molar-refractivity contribution in [1.29, 1.82) is 10.5 Å². The van der Waals surface area contributed by atoms with Crippen LogP contribution in [-0.4, -0.2) is 60.2 Å². The van der Waals surface area contributed by atoms with E-state index in [9.17, 15) is 20.1 Å². The highest BCUT2D eigenvalue weighted by Gasteiger charge is 2.27. The number of amides is 1. The number of nitrogens with zero attached hydrogens (tertiary/aromatic N) is 5. The molecule has 1 aliphatic rings. The molecule has 0 radical (unpaired) electrons. The number of ether oxygens (including phenoxy) is 2. The quantitative estimate of drug-likeness (QED) is 0.0700. The fourth-order valence-corrected chi connectivity index (χ4v) is 7.51. The van der Waals surface area contributed by atoms with Gasteiger partial charge in [-0.25, -0.2) is 14.8 Å². The van der Waals surface area contributed by atoms with Crippen LogP contribution in [0.1, 0.15) is 56.9 Å². The smallest absolute Gasteiger partial charge is 0.328 e. The first kappa shape index (κ1) is 41.4. The molecule has 0 bridgehead atoms. The Kier molecular flexibility index (Phi) is 15.3. The zero-order chi connectivity index (χ0) is 37.2. The van der Waals surface area contributed by atoms with Crippen molar-refractivity contribution in [3.63, 3.8) is 0 Å². The summed E-state index contributed by atoms with van der Waals surface area (Å²) in [5.41, 5.74) is 9.67. The molecule has 3 N–H and O–H groups in total. The normalized spacial score (nSPS) is 13.9. The van der Waals surface area contributed by atoms with Crippen molar-refractivity contribution >= 4 is 64.8 Å². The first-order valence-electron chi connectivity index (χ1n) is 17.1. The number of carbonyl (C=O) groups is 2. The summed E-state index contributed by atoms with van der Waals surface area (Å²) in [5, 5.41) is 27.5. The molecule has 1 amide bonds. The summed E-state index contributed by atoms with van der Waals surface area (Å²) in [6.07, 6.45) is 2.74. The number of thiazole rings is 1. The molecule has 3 heterocycles. The predicted molar refractivity (Wildman–Crippen MR) is 211 cm³/mol. The van der Waals surface area contributed by atoms with Crippen LogP contribution in [0.4, 0.5) is 5.82 Å². The summed E-state index contributed by atoms with van der Waals surface area (Å²) in [7, 11) is 0. The van der Waals surface area contributed by atoms with Crippen molar-refractivity contribution in [3.05, 3.63) is 75.8 Å². The third kappa shape index (κ3) is 10.4. The SMILES string of the molecule is CC[C@H](C)[C@H](N)C(=O)N[C@@H](C)C(=O)OCCOc1ccc(-c2c(C#N)c(SCc3csc(-c4ccc(Cl)cc4)n3)nc(N3CCCC3)c2C#N)cc1.Cl. The first-order valence-corrected chi connectivity index (χ1v) is 19.3. The van der Waals surface area contributed by atoms with E-state index in [0.29, 0.717) is 49.6 Å². The topological polar surface area (TPSA) is 167 Å². The Balaban J connectivity index is 0.00000627. The first-order chi connectivity index (χ1) is 25.1. The van der Waals surface area contributed by atoms with Crippen LogP contribution in [0, 0.1) is 28.6 Å². The third-order valence-electron chi connectivity index (χ3n) is 8.79. The van der Waals surface area contributed by atoms with Crippen molar-refractivity contribution in [3.8, 4) is 39.6 Å². The highest BCUT2D eigenvalue weighted by atomic mass is 35.5. The summed E-state index contributed by atoms with van der Waals surface area (Å²) in [5.74, 6) is 0.577. The number of pyridine rings is 1. The van der Waals surface area contributed by atoms with Gasteiger partial charge in [0.1, 0.15) is 58.6 Å². The van der Waals surface area contributed by atoms with E-state index in [1.165, 1.54) is 23.1 Å². The van der Waals surface area contributed by atoms with Crippen LogP contribution in [0.5, 0.6) is 5.75 Å². The fraction of sp³-hybridized carbons (Fsp3) is 0.368. The van der Waals surface area contributed by atoms with Crippen LogP contribution in [0.25, 0.3) is 21.7 Å². The maximum atomic E-state index is 12.4. The van der Waals surface area contributed by atoms with Gasteiger partial charge < -0.3 is 25.4 Å². The number of thioether (sulfide) groups is 1. The minimum Gasteiger partial charge on any atom is -0.490 e. The minimum atomic E-state index is -0.854. The van der Waals surface area contributed by atoms with Crippen molar-refractivity contribution < 1.29 is 19.1 Å². The van der Waals surface area contributed by atoms with Crippen LogP contribution < -0.4 is 20.7 Å². The summed E-state index contributed by atoms with van der Waals surface area (Å²) in [4.78, 5) is 36.6. The van der Waals surface area contributed by atoms with Gasteiger partial charge in [0.25, 0.3) is 0 Å². The second-order valence-corrected chi connectivity index (χ2v) is 14.7. The van der Waals surface area contributed by atoms with Gasteiger partial charge in [-0.05, 0) is 55.5 Å². The van der Waals surface area contributed by atoms with Crippen LogP contribution in [0.3, 0.4) is 0 Å². The predicted octanol–water partition coefficient (Wildman–Crippen LogP) is 7.38. The monoisotopic (exact) mass is 793 g/mol. The fourth-order valence-electron chi connectivity index (χ4n) is 5.58. The number of carbonyl (C=O) groups excluding carboxylic acids is 2. The molecule has 53 heavy (non-hydrogen) atoms. The lowest BCUT2D eigenvalue weighted by atomic mass is 9.96. The average Bonchev–Trinajstić information content (AvgIpc) is 3.88. The van der Waals surface area contributed by atoms with Crippen LogP contribution in [-0.2, 0) is 20.1 Å². The number of anilines is 1. The van der Waals surface area contributed by atoms with Crippen molar-refractivity contribution in [2.75, 3.05) is 31.2 Å². The molecule has 3 atom stereocenters. The Hall–Kier alpha value is -4.37. The van der Waals surface area contributed by atoms with Gasteiger partial charge >= 0.3 is 5.97 Å². The van der Waals surface area contributed by atoms with Gasteiger partial charge in [-0.15, -0.1) is 23.7 Å². The maximum absolute atomic E-state index is 12.4. The molecule has 0 saturated carbocycles. The van der Waals surface area contributed by atoms with Crippen molar-refractivity contribution in [2.24, 2.45) is 11.7 Å². The summed E-state index contributed by atoms with van der Waals surface area (Å²) < 4.78 is 11.1. The van der Waals surface area contributed by atoms with E-state index in [2.05, 4.69) is 22.4 Å². The van der Waals surface area contributed by atoms with Crippen molar-refractivity contribution in [2.45, 2.75) is 62.9 Å². The Labute approximate surface area is 329 Å². The summed E-state index contributed by atoms with van der Waals surface area (Å²) in [6, 6.07) is 17.8. The van der Waals surface area contributed by atoms with Gasteiger partial charge in [-0.3, -0.25) is 4.79 Å². The molecular weight excluding hydrogens is 754 g/mol. The number of halogens is 2. The van der Waals surface area contributed by atoms with Gasteiger partial charge in [0.2, 0.25) is 5.91 Å². The molecular formula is C38H41Cl2N7O4S2. The molecule has 0 aliphatic carbocycles. The molecule has 0 unspecified atom stereocenters. The van der Waals surface area contributed by atoms with Gasteiger partial charge in [0, 0.05) is 40.4 Å². The van der Waals surface area contributed by atoms with E-state index in [1.54, 1.807) is 31.2 Å². The van der Waals surface area contributed by atoms with Gasteiger partial charge in [-0.2, -0.15) is 10.5 Å². The number of hydrogen-bond acceptors (Lipinski definition) is 12. The highest BCUT2D eigenvalue weighted by Crippen LogP contribution is 2.40. The molecule has 5 rings (SSSR count). The molecule has 15 heteroatoms. The molecule has 0 spiro atoms. The second kappa shape index (κ2) is 19.6. The highest BCUT2D eigenvalue weighted by molar-refractivity contribution is 7.98. The average molecular weight is 795 g/mol. The molecule has 278 valence electrons. The molecule has 11 nitrogen and oxygen atoms in total. The Bertz CT molecular complexity index is 1960. The Morgan fingerprint density at radius 2 is 1.68 bits per heavy atom. The van der Waals surface area contributed by atoms with Crippen LogP contribution in [0.15, 0.2) is 58.9 Å². The maximum Gasteiger partial charge on any atom is 0.328 e. The number of hydrogen-bond donors (Lipinski definition) is 2. The van der Waals surface area contributed by atoms with Gasteiger partial charge in [0.05, 0.1) is 17.3 Å². The number of nitriles is 2. The van der Waals surface area contributed by atoms with E-state index < -0.39 is 24.0 Å². The van der Waals surface area contributed by atoms with Crippen molar-refractivity contribution in [1.82, 2.24) is 15.3 Å². The summed E-state index contributed by atoms with van der Waals surface area (Å²) in [6.45, 7) is 6.98. The Morgan fingerprint density at radius 1 is 1.02 bits per heavy atom. The number of benzene rings is 2. The number of nitrogens with one attached hydrogen (secondary N) is 1. The second-order valence-electron chi connectivity index (χ2n) is 12.4. The van der Waals surface area contributed by atoms with E-state index in [0.717, 1.165) is 48.6 Å². The molecule has 1 aliphatic heterocycles. The zero-order valence-corrected chi connectivity index (χ0v) is 32.8. The third-order valence-corrected chi connectivity index (χ3v) is 11.0.